The zero-order valence-electron chi connectivity index (χ0n) is 10.1. The maximum Gasteiger partial charge on any atom is 0.310 e. The molecule has 0 amide bonds. The molecule has 98 valence electrons. The van der Waals surface area contributed by atoms with E-state index >= 15 is 0 Å². The van der Waals surface area contributed by atoms with Crippen LogP contribution in [0, 0.1) is 11.8 Å². The summed E-state index contributed by atoms with van der Waals surface area (Å²) in [4.78, 5) is 15.3. The summed E-state index contributed by atoms with van der Waals surface area (Å²) in [5.74, 6) is 1.82. The molecule has 4 nitrogen and oxygen atoms in total. The molecule has 18 heavy (non-hydrogen) atoms. The minimum atomic E-state index is -0.754. The van der Waals surface area contributed by atoms with Crippen LogP contribution in [-0.2, 0) is 4.79 Å². The third-order valence-electron chi connectivity index (χ3n) is 3.22. The molecule has 0 aliphatic carbocycles. The number of rotatable bonds is 5. The molecule has 2 rings (SSSR count). The molecule has 1 aliphatic heterocycles. The van der Waals surface area contributed by atoms with Gasteiger partial charge in [0, 0.05) is 6.20 Å². The Morgan fingerprint density at radius 2 is 2.33 bits per heavy atom. The zero-order valence-corrected chi connectivity index (χ0v) is 10.9. The Hall–Kier alpha value is -1.23. The standard InChI is InChI=1S/C13H17NO3S/c15-13(16)12(10-3-6-18-7-4-10)9-17-11-2-1-5-14-8-11/h1-2,5,8,10,12H,3-4,6-7,9H2,(H,15,16). The topological polar surface area (TPSA) is 59.4 Å². The SMILES string of the molecule is O=C(O)C(COc1cccnc1)C1CCSCC1. The first-order chi connectivity index (χ1) is 8.77. The molecule has 0 radical (unpaired) electrons. The maximum atomic E-state index is 11.3. The highest BCUT2D eigenvalue weighted by molar-refractivity contribution is 7.99. The molecule has 1 aromatic heterocycles. The average Bonchev–Trinajstić information content (AvgIpc) is 2.41. The van der Waals surface area contributed by atoms with Gasteiger partial charge in [-0.25, -0.2) is 0 Å². The van der Waals surface area contributed by atoms with Gasteiger partial charge in [0.15, 0.2) is 0 Å². The quantitative estimate of drug-likeness (QED) is 0.887. The van der Waals surface area contributed by atoms with Crippen LogP contribution in [0.4, 0.5) is 0 Å². The van der Waals surface area contributed by atoms with E-state index in [0.717, 1.165) is 24.3 Å². The van der Waals surface area contributed by atoms with Gasteiger partial charge in [-0.2, -0.15) is 11.8 Å². The Balaban J connectivity index is 1.92. The van der Waals surface area contributed by atoms with Crippen molar-refractivity contribution in [2.75, 3.05) is 18.1 Å². The number of nitrogens with zero attached hydrogens (tertiary/aromatic N) is 1. The molecule has 0 saturated carbocycles. The van der Waals surface area contributed by atoms with Gasteiger partial charge in [0.25, 0.3) is 0 Å². The second-order valence-electron chi connectivity index (χ2n) is 4.39. The number of hydrogen-bond donors (Lipinski definition) is 1. The number of carbonyl (C=O) groups is 1. The number of aliphatic carboxylic acids is 1. The van der Waals surface area contributed by atoms with Crippen molar-refractivity contribution in [2.45, 2.75) is 12.8 Å². The number of carboxylic acids is 1. The molecule has 1 unspecified atom stereocenters. The fourth-order valence-corrected chi connectivity index (χ4v) is 3.29. The molecule has 1 N–H and O–H groups in total. The van der Waals surface area contributed by atoms with Crippen molar-refractivity contribution in [1.29, 1.82) is 0 Å². The number of pyridine rings is 1. The monoisotopic (exact) mass is 267 g/mol. The van der Waals surface area contributed by atoms with E-state index in [1.54, 1.807) is 24.5 Å². The lowest BCUT2D eigenvalue weighted by molar-refractivity contribution is -0.145. The molecule has 0 bridgehead atoms. The van der Waals surface area contributed by atoms with E-state index in [1.165, 1.54) is 0 Å². The predicted molar refractivity (Wildman–Crippen MR) is 70.9 cm³/mol. The van der Waals surface area contributed by atoms with Gasteiger partial charge < -0.3 is 9.84 Å². The fourth-order valence-electron chi connectivity index (χ4n) is 2.15. The first-order valence-corrected chi connectivity index (χ1v) is 7.26. The second-order valence-corrected chi connectivity index (χ2v) is 5.62. The molecule has 1 fully saturated rings. The molecule has 1 aliphatic rings. The lowest BCUT2D eigenvalue weighted by atomic mass is 9.88. The number of hydrogen-bond acceptors (Lipinski definition) is 4. The molecule has 0 spiro atoms. The predicted octanol–water partition coefficient (Wildman–Crippen LogP) is 2.30. The molecule has 2 heterocycles. The van der Waals surface area contributed by atoms with E-state index in [2.05, 4.69) is 4.98 Å². The van der Waals surface area contributed by atoms with E-state index in [1.807, 2.05) is 11.8 Å². The number of thioether (sulfide) groups is 1. The third kappa shape index (κ3) is 3.63. The Labute approximate surface area is 111 Å². The molecule has 1 atom stereocenters. The third-order valence-corrected chi connectivity index (χ3v) is 4.26. The van der Waals surface area contributed by atoms with Crippen molar-refractivity contribution < 1.29 is 14.6 Å². The minimum Gasteiger partial charge on any atom is -0.491 e. The van der Waals surface area contributed by atoms with Gasteiger partial charge in [0.05, 0.1) is 12.1 Å². The van der Waals surface area contributed by atoms with E-state index in [4.69, 9.17) is 4.74 Å². The lowest BCUT2D eigenvalue weighted by Gasteiger charge is -2.27. The average molecular weight is 267 g/mol. The van der Waals surface area contributed by atoms with Crippen LogP contribution in [0.3, 0.4) is 0 Å². The highest BCUT2D eigenvalue weighted by atomic mass is 32.2. The van der Waals surface area contributed by atoms with Crippen LogP contribution in [0.2, 0.25) is 0 Å². The summed E-state index contributed by atoms with van der Waals surface area (Å²) in [6.07, 6.45) is 5.21. The van der Waals surface area contributed by atoms with E-state index in [-0.39, 0.29) is 12.5 Å². The molecular weight excluding hydrogens is 250 g/mol. The Kier molecular flexibility index (Phi) is 4.87. The van der Waals surface area contributed by atoms with E-state index in [0.29, 0.717) is 5.75 Å². The van der Waals surface area contributed by atoms with Crippen molar-refractivity contribution >= 4 is 17.7 Å². The summed E-state index contributed by atoms with van der Waals surface area (Å²) in [6, 6.07) is 3.57. The van der Waals surface area contributed by atoms with Gasteiger partial charge in [-0.3, -0.25) is 9.78 Å². The minimum absolute atomic E-state index is 0.232. The van der Waals surface area contributed by atoms with Crippen LogP contribution in [0.1, 0.15) is 12.8 Å². The summed E-state index contributed by atoms with van der Waals surface area (Å²) >= 11 is 1.90. The van der Waals surface area contributed by atoms with Crippen LogP contribution in [0.15, 0.2) is 24.5 Å². The Bertz CT molecular complexity index is 379. The van der Waals surface area contributed by atoms with Crippen LogP contribution in [0.25, 0.3) is 0 Å². The Morgan fingerprint density at radius 1 is 1.56 bits per heavy atom. The van der Waals surface area contributed by atoms with Crippen LogP contribution in [0.5, 0.6) is 5.75 Å². The zero-order chi connectivity index (χ0) is 12.8. The summed E-state index contributed by atoms with van der Waals surface area (Å²) in [5, 5.41) is 9.30. The highest BCUT2D eigenvalue weighted by Crippen LogP contribution is 2.29. The van der Waals surface area contributed by atoms with E-state index < -0.39 is 11.9 Å². The van der Waals surface area contributed by atoms with E-state index in [9.17, 15) is 9.90 Å². The van der Waals surface area contributed by atoms with Gasteiger partial charge in [-0.15, -0.1) is 0 Å². The van der Waals surface area contributed by atoms with Crippen molar-refractivity contribution in [3.63, 3.8) is 0 Å². The summed E-state index contributed by atoms with van der Waals surface area (Å²) < 4.78 is 5.53. The van der Waals surface area contributed by atoms with Crippen molar-refractivity contribution in [3.8, 4) is 5.75 Å². The smallest absolute Gasteiger partial charge is 0.310 e. The van der Waals surface area contributed by atoms with Gasteiger partial charge in [-0.1, -0.05) is 0 Å². The molecule has 5 heteroatoms. The molecule has 0 aromatic carbocycles. The van der Waals surface area contributed by atoms with Crippen molar-refractivity contribution in [2.24, 2.45) is 11.8 Å². The number of ether oxygens (including phenoxy) is 1. The summed E-state index contributed by atoms with van der Waals surface area (Å²) in [5.41, 5.74) is 0. The normalized spacial score (nSPS) is 18.2. The van der Waals surface area contributed by atoms with Crippen LogP contribution < -0.4 is 4.74 Å². The van der Waals surface area contributed by atoms with Gasteiger partial charge in [0.1, 0.15) is 12.4 Å². The van der Waals surface area contributed by atoms with Gasteiger partial charge >= 0.3 is 5.97 Å². The van der Waals surface area contributed by atoms with Crippen LogP contribution in [-0.4, -0.2) is 34.2 Å². The molecule has 1 saturated heterocycles. The van der Waals surface area contributed by atoms with Crippen LogP contribution >= 0.6 is 11.8 Å². The molecule has 1 aromatic rings. The van der Waals surface area contributed by atoms with Crippen molar-refractivity contribution in [1.82, 2.24) is 4.98 Å². The fraction of sp³-hybridized carbons (Fsp3) is 0.538. The first kappa shape index (κ1) is 13.2. The highest BCUT2D eigenvalue weighted by Gasteiger charge is 2.30. The van der Waals surface area contributed by atoms with Crippen molar-refractivity contribution in [3.05, 3.63) is 24.5 Å². The maximum absolute atomic E-state index is 11.3. The lowest BCUT2D eigenvalue weighted by Crippen LogP contribution is -2.31. The first-order valence-electron chi connectivity index (χ1n) is 6.11. The summed E-state index contributed by atoms with van der Waals surface area (Å²) in [6.45, 7) is 0.232. The Morgan fingerprint density at radius 3 is 2.94 bits per heavy atom. The largest absolute Gasteiger partial charge is 0.491 e. The summed E-state index contributed by atoms with van der Waals surface area (Å²) in [7, 11) is 0. The number of aromatic nitrogens is 1. The van der Waals surface area contributed by atoms with Gasteiger partial charge in [0.2, 0.25) is 0 Å². The molecular formula is C13H17NO3S. The van der Waals surface area contributed by atoms with Gasteiger partial charge in [-0.05, 0) is 42.4 Å². The number of carboxylic acid groups (broad SMARTS) is 1. The second kappa shape index (κ2) is 6.64.